The molecule has 1 amide bonds. The third-order valence-electron chi connectivity index (χ3n) is 4.77. The average Bonchev–Trinajstić information content (AvgIpc) is 3.13. The molecule has 4 rings (SSSR count). The summed E-state index contributed by atoms with van der Waals surface area (Å²) in [4.78, 5) is 17.0. The molecule has 1 N–H and O–H groups in total. The molecule has 0 aliphatic heterocycles. The summed E-state index contributed by atoms with van der Waals surface area (Å²) in [6.07, 6.45) is 3.90. The van der Waals surface area contributed by atoms with Gasteiger partial charge in [-0.3, -0.25) is 4.79 Å². The van der Waals surface area contributed by atoms with Crippen LogP contribution in [0.25, 0.3) is 5.65 Å². The van der Waals surface area contributed by atoms with Gasteiger partial charge < -0.3 is 14.5 Å². The van der Waals surface area contributed by atoms with E-state index in [1.54, 1.807) is 24.3 Å². The van der Waals surface area contributed by atoms with Crippen molar-refractivity contribution in [1.29, 1.82) is 0 Å². The highest BCUT2D eigenvalue weighted by Crippen LogP contribution is 2.20. The molecule has 0 saturated heterocycles. The fraction of sp³-hybridized carbons (Fsp3) is 0.130. The molecule has 28 heavy (non-hydrogen) atoms. The van der Waals surface area contributed by atoms with Crippen molar-refractivity contribution in [2.24, 2.45) is 0 Å². The highest BCUT2D eigenvalue weighted by Gasteiger charge is 2.09. The number of nitrogens with zero attached hydrogens (tertiary/aromatic N) is 2. The van der Waals surface area contributed by atoms with E-state index in [4.69, 9.17) is 4.74 Å². The number of carbonyl (C=O) groups is 1. The van der Waals surface area contributed by atoms with Crippen molar-refractivity contribution in [1.82, 2.24) is 9.38 Å². The highest BCUT2D eigenvalue weighted by atomic mass is 16.5. The summed E-state index contributed by atoms with van der Waals surface area (Å²) in [7, 11) is 0. The summed E-state index contributed by atoms with van der Waals surface area (Å²) < 4.78 is 7.76. The van der Waals surface area contributed by atoms with Crippen LogP contribution in [0.15, 0.2) is 73.1 Å². The molecule has 2 aromatic carbocycles. The summed E-state index contributed by atoms with van der Waals surface area (Å²) in [5.41, 5.74) is 5.37. The van der Waals surface area contributed by atoms with Crippen LogP contribution in [-0.2, 0) is 6.61 Å². The molecular formula is C23H21N3O2. The molecule has 0 fully saturated rings. The summed E-state index contributed by atoms with van der Waals surface area (Å²) in [6.45, 7) is 4.40. The van der Waals surface area contributed by atoms with E-state index in [-0.39, 0.29) is 5.91 Å². The number of rotatable bonds is 5. The Morgan fingerprint density at radius 2 is 1.86 bits per heavy atom. The number of hydrogen-bond acceptors (Lipinski definition) is 3. The van der Waals surface area contributed by atoms with Gasteiger partial charge in [-0.1, -0.05) is 18.2 Å². The van der Waals surface area contributed by atoms with E-state index >= 15 is 0 Å². The molecule has 0 radical (unpaired) electrons. The minimum atomic E-state index is -0.138. The molecule has 0 aliphatic carbocycles. The van der Waals surface area contributed by atoms with Crippen molar-refractivity contribution in [2.45, 2.75) is 20.5 Å². The van der Waals surface area contributed by atoms with Crippen molar-refractivity contribution >= 4 is 17.2 Å². The first-order valence-corrected chi connectivity index (χ1v) is 9.13. The molecule has 5 heteroatoms. The van der Waals surface area contributed by atoms with Crippen LogP contribution in [0.5, 0.6) is 5.75 Å². The van der Waals surface area contributed by atoms with Crippen molar-refractivity contribution in [3.05, 3.63) is 95.4 Å². The van der Waals surface area contributed by atoms with Crippen LogP contribution in [0.2, 0.25) is 0 Å². The van der Waals surface area contributed by atoms with E-state index in [1.165, 1.54) is 0 Å². The Bertz CT molecular complexity index is 1100. The van der Waals surface area contributed by atoms with E-state index in [0.717, 1.165) is 28.2 Å². The topological polar surface area (TPSA) is 55.6 Å². The lowest BCUT2D eigenvalue weighted by Gasteiger charge is -2.11. The molecule has 0 aliphatic rings. The van der Waals surface area contributed by atoms with Gasteiger partial charge in [0.25, 0.3) is 5.91 Å². The number of ether oxygens (including phenoxy) is 1. The lowest BCUT2D eigenvalue weighted by atomic mass is 10.1. The van der Waals surface area contributed by atoms with Crippen LogP contribution in [0.3, 0.4) is 0 Å². The van der Waals surface area contributed by atoms with Crippen molar-refractivity contribution in [3.8, 4) is 5.75 Å². The zero-order chi connectivity index (χ0) is 19.5. The van der Waals surface area contributed by atoms with Crippen LogP contribution < -0.4 is 10.1 Å². The second-order valence-corrected chi connectivity index (χ2v) is 6.71. The highest BCUT2D eigenvalue weighted by molar-refractivity contribution is 6.04. The van der Waals surface area contributed by atoms with E-state index in [9.17, 15) is 4.79 Å². The quantitative estimate of drug-likeness (QED) is 0.549. The Hall–Kier alpha value is -3.60. The summed E-state index contributed by atoms with van der Waals surface area (Å²) in [5.74, 6) is 0.556. The Morgan fingerprint density at radius 1 is 1.04 bits per heavy atom. The van der Waals surface area contributed by atoms with Gasteiger partial charge in [-0.05, 0) is 67.4 Å². The lowest BCUT2D eigenvalue weighted by Crippen LogP contribution is -2.13. The number of benzene rings is 2. The van der Waals surface area contributed by atoms with Crippen molar-refractivity contribution < 1.29 is 9.53 Å². The zero-order valence-electron chi connectivity index (χ0n) is 15.8. The lowest BCUT2D eigenvalue weighted by molar-refractivity contribution is 0.102. The average molecular weight is 371 g/mol. The van der Waals surface area contributed by atoms with Gasteiger partial charge in [-0.2, -0.15) is 0 Å². The molecule has 5 nitrogen and oxygen atoms in total. The third kappa shape index (κ3) is 3.74. The number of nitrogens with one attached hydrogen (secondary N) is 1. The number of amides is 1. The van der Waals surface area contributed by atoms with Gasteiger partial charge in [0, 0.05) is 23.6 Å². The summed E-state index contributed by atoms with van der Waals surface area (Å²) in [5, 5.41) is 2.97. The molecule has 0 saturated carbocycles. The van der Waals surface area contributed by atoms with E-state index in [2.05, 4.69) is 10.3 Å². The number of hydrogen-bond donors (Lipinski definition) is 1. The number of aryl methyl sites for hydroxylation is 1. The van der Waals surface area contributed by atoms with Crippen LogP contribution in [0.4, 0.5) is 5.69 Å². The van der Waals surface area contributed by atoms with Gasteiger partial charge in [-0.15, -0.1) is 0 Å². The van der Waals surface area contributed by atoms with Crippen LogP contribution in [0, 0.1) is 13.8 Å². The van der Waals surface area contributed by atoms with Crippen molar-refractivity contribution in [2.75, 3.05) is 5.32 Å². The molecule has 0 unspecified atom stereocenters. The molecular weight excluding hydrogens is 350 g/mol. The molecule has 140 valence electrons. The molecule has 2 heterocycles. The first-order valence-electron chi connectivity index (χ1n) is 9.13. The minimum Gasteiger partial charge on any atom is -0.487 e. The van der Waals surface area contributed by atoms with Gasteiger partial charge >= 0.3 is 0 Å². The monoisotopic (exact) mass is 371 g/mol. The molecule has 0 bridgehead atoms. The molecule has 0 spiro atoms. The number of imidazole rings is 1. The SMILES string of the molecule is Cc1cccc(NC(=O)c2ccc(OCc3cn4ccccc4n3)cc2)c1C. The third-order valence-corrected chi connectivity index (χ3v) is 4.77. The fourth-order valence-electron chi connectivity index (χ4n) is 3.00. The van der Waals surface area contributed by atoms with Gasteiger partial charge in [0.1, 0.15) is 18.0 Å². The minimum absolute atomic E-state index is 0.138. The Kier molecular flexibility index (Phi) is 4.81. The Morgan fingerprint density at radius 3 is 2.64 bits per heavy atom. The van der Waals surface area contributed by atoms with Crippen LogP contribution in [0.1, 0.15) is 27.2 Å². The predicted octanol–water partition coefficient (Wildman–Crippen LogP) is 4.78. The maximum absolute atomic E-state index is 12.5. The number of aromatic nitrogens is 2. The van der Waals surface area contributed by atoms with Crippen molar-refractivity contribution in [3.63, 3.8) is 0 Å². The molecule has 0 atom stereocenters. The number of fused-ring (bicyclic) bond motifs is 1. The van der Waals surface area contributed by atoms with E-state index in [0.29, 0.717) is 17.9 Å². The van der Waals surface area contributed by atoms with Gasteiger partial charge in [-0.25, -0.2) is 4.98 Å². The standard InChI is InChI=1S/C23H21N3O2/c1-16-6-5-7-21(17(16)2)25-23(27)18-9-11-20(12-10-18)28-15-19-14-26-13-4-3-8-22(26)24-19/h3-14H,15H2,1-2H3,(H,25,27). The second-order valence-electron chi connectivity index (χ2n) is 6.71. The summed E-state index contributed by atoms with van der Waals surface area (Å²) >= 11 is 0. The number of pyridine rings is 1. The van der Waals surface area contributed by atoms with Gasteiger partial charge in [0.15, 0.2) is 0 Å². The maximum atomic E-state index is 12.5. The Balaban J connectivity index is 1.40. The molecule has 2 aromatic heterocycles. The normalized spacial score (nSPS) is 10.8. The predicted molar refractivity (Wildman–Crippen MR) is 110 cm³/mol. The summed E-state index contributed by atoms with van der Waals surface area (Å²) in [6, 6.07) is 18.9. The smallest absolute Gasteiger partial charge is 0.255 e. The number of anilines is 1. The second kappa shape index (κ2) is 7.56. The number of carbonyl (C=O) groups excluding carboxylic acids is 1. The van der Waals surface area contributed by atoms with E-state index in [1.807, 2.05) is 67.0 Å². The largest absolute Gasteiger partial charge is 0.487 e. The van der Waals surface area contributed by atoms with E-state index < -0.39 is 0 Å². The first kappa shape index (κ1) is 17.8. The fourth-order valence-corrected chi connectivity index (χ4v) is 3.00. The molecule has 4 aromatic rings. The van der Waals surface area contributed by atoms with Gasteiger partial charge in [0.2, 0.25) is 0 Å². The van der Waals surface area contributed by atoms with Gasteiger partial charge in [0.05, 0.1) is 5.69 Å². The van der Waals surface area contributed by atoms with Crippen LogP contribution >= 0.6 is 0 Å². The maximum Gasteiger partial charge on any atom is 0.255 e. The first-order chi connectivity index (χ1) is 13.6. The Labute approximate surface area is 163 Å². The van der Waals surface area contributed by atoms with Crippen LogP contribution in [-0.4, -0.2) is 15.3 Å². The zero-order valence-corrected chi connectivity index (χ0v) is 15.8.